The van der Waals surface area contributed by atoms with E-state index in [4.69, 9.17) is 16.9 Å². The number of nitrogens with zero attached hydrogens (tertiary/aromatic N) is 5. The van der Waals surface area contributed by atoms with Crippen LogP contribution >= 0.6 is 22.9 Å². The highest BCUT2D eigenvalue weighted by Crippen LogP contribution is 2.22. The summed E-state index contributed by atoms with van der Waals surface area (Å²) in [5.41, 5.74) is 0. The zero-order valence-corrected chi connectivity index (χ0v) is 12.6. The molecule has 2 rings (SSSR count). The van der Waals surface area contributed by atoms with E-state index in [2.05, 4.69) is 16.7 Å². The molecule has 2 aromatic rings. The van der Waals surface area contributed by atoms with E-state index >= 15 is 0 Å². The highest BCUT2D eigenvalue weighted by Gasteiger charge is 2.15. The van der Waals surface area contributed by atoms with Gasteiger partial charge >= 0.3 is 0 Å². The first-order valence-electron chi connectivity index (χ1n) is 6.05. The predicted octanol–water partition coefficient (Wildman–Crippen LogP) is 2.08. The molecule has 0 fully saturated rings. The second kappa shape index (κ2) is 7.02. The summed E-state index contributed by atoms with van der Waals surface area (Å²) in [7, 11) is 0. The van der Waals surface area contributed by atoms with Crippen LogP contribution in [0.1, 0.15) is 10.7 Å². The van der Waals surface area contributed by atoms with Crippen molar-refractivity contribution in [3.05, 3.63) is 46.2 Å². The van der Waals surface area contributed by atoms with Crippen molar-refractivity contribution >= 4 is 28.8 Å². The summed E-state index contributed by atoms with van der Waals surface area (Å²) in [5.74, 6) is -0.0862. The number of amides is 1. The van der Waals surface area contributed by atoms with E-state index in [9.17, 15) is 4.79 Å². The van der Waals surface area contributed by atoms with Crippen LogP contribution in [0.4, 0.5) is 0 Å². The molecule has 0 saturated carbocycles. The van der Waals surface area contributed by atoms with Gasteiger partial charge in [0.2, 0.25) is 5.91 Å². The van der Waals surface area contributed by atoms with Crippen molar-refractivity contribution in [3.63, 3.8) is 0 Å². The Kier molecular flexibility index (Phi) is 5.09. The maximum atomic E-state index is 12.3. The fourth-order valence-corrected chi connectivity index (χ4v) is 2.80. The molecule has 1 amide bonds. The number of nitriles is 1. The van der Waals surface area contributed by atoms with E-state index in [1.165, 1.54) is 22.3 Å². The van der Waals surface area contributed by atoms with E-state index in [-0.39, 0.29) is 18.3 Å². The zero-order chi connectivity index (χ0) is 15.2. The van der Waals surface area contributed by atoms with E-state index in [0.29, 0.717) is 17.4 Å². The molecule has 0 aromatic carbocycles. The Morgan fingerprint density at radius 3 is 3.00 bits per heavy atom. The number of hydrogen-bond donors (Lipinski definition) is 0. The fraction of sp³-hybridized carbons (Fsp3) is 0.231. The van der Waals surface area contributed by atoms with Gasteiger partial charge in [-0.2, -0.15) is 5.26 Å². The highest BCUT2D eigenvalue weighted by atomic mass is 35.5. The van der Waals surface area contributed by atoms with Crippen molar-refractivity contribution < 1.29 is 4.79 Å². The van der Waals surface area contributed by atoms with Gasteiger partial charge in [-0.25, -0.2) is 9.67 Å². The number of carbonyl (C=O) groups excluding carboxylic acids is 1. The van der Waals surface area contributed by atoms with Crippen molar-refractivity contribution in [1.82, 2.24) is 19.7 Å². The monoisotopic (exact) mass is 321 g/mol. The minimum Gasteiger partial charge on any atom is -0.332 e. The number of hydrogen-bond acceptors (Lipinski definition) is 5. The Morgan fingerprint density at radius 1 is 1.62 bits per heavy atom. The molecule has 0 aliphatic rings. The third-order valence-electron chi connectivity index (χ3n) is 2.61. The molecule has 0 unspecified atom stereocenters. The Hall–Kier alpha value is -2.17. The largest absolute Gasteiger partial charge is 0.332 e. The van der Waals surface area contributed by atoms with Crippen molar-refractivity contribution in [1.29, 1.82) is 5.26 Å². The first kappa shape index (κ1) is 15.2. The maximum absolute atomic E-state index is 12.3. The number of halogens is 1. The van der Waals surface area contributed by atoms with Crippen LogP contribution in [0.5, 0.6) is 0 Å². The Balaban J connectivity index is 2.04. The predicted molar refractivity (Wildman–Crippen MR) is 79.7 cm³/mol. The van der Waals surface area contributed by atoms with Crippen LogP contribution in [0, 0.1) is 11.3 Å². The van der Waals surface area contributed by atoms with E-state index < -0.39 is 0 Å². The SMILES string of the molecule is C=CCN(Cc1ccc(Cl)s1)C(=O)Cn1cnc(C#N)n1. The molecule has 8 heteroatoms. The molecule has 0 atom stereocenters. The lowest BCUT2D eigenvalue weighted by molar-refractivity contribution is -0.132. The van der Waals surface area contributed by atoms with Gasteiger partial charge in [0.05, 0.1) is 10.9 Å². The van der Waals surface area contributed by atoms with E-state index in [1.54, 1.807) is 17.0 Å². The number of carbonyl (C=O) groups is 1. The van der Waals surface area contributed by atoms with E-state index in [0.717, 1.165) is 4.88 Å². The zero-order valence-electron chi connectivity index (χ0n) is 11.1. The summed E-state index contributed by atoms with van der Waals surface area (Å²) >= 11 is 7.32. The number of aromatic nitrogens is 3. The fourth-order valence-electron chi connectivity index (χ4n) is 1.70. The Bertz CT molecular complexity index is 687. The molecule has 0 aliphatic carbocycles. The summed E-state index contributed by atoms with van der Waals surface area (Å²) in [5, 5.41) is 12.5. The average molecular weight is 322 g/mol. The van der Waals surface area contributed by atoms with Crippen LogP contribution in [-0.2, 0) is 17.9 Å². The standard InChI is InChI=1S/C13H12ClN5OS/c1-2-5-18(7-10-3-4-11(14)21-10)13(20)8-19-9-16-12(6-15)17-19/h2-4,9H,1,5,7-8H2. The Morgan fingerprint density at radius 2 is 2.43 bits per heavy atom. The minimum atomic E-state index is -0.131. The summed E-state index contributed by atoms with van der Waals surface area (Å²) in [6, 6.07) is 5.51. The van der Waals surface area contributed by atoms with Gasteiger partial charge in [0.15, 0.2) is 0 Å². The van der Waals surface area contributed by atoms with Crippen LogP contribution in [-0.4, -0.2) is 32.1 Å². The van der Waals surface area contributed by atoms with Crippen molar-refractivity contribution in [2.24, 2.45) is 0 Å². The van der Waals surface area contributed by atoms with Gasteiger partial charge in [0, 0.05) is 11.4 Å². The van der Waals surface area contributed by atoms with Crippen LogP contribution in [0.25, 0.3) is 0 Å². The van der Waals surface area contributed by atoms with Gasteiger partial charge in [-0.15, -0.1) is 23.0 Å². The van der Waals surface area contributed by atoms with Crippen LogP contribution in [0.3, 0.4) is 0 Å². The van der Waals surface area contributed by atoms with Crippen molar-refractivity contribution in [2.45, 2.75) is 13.1 Å². The lowest BCUT2D eigenvalue weighted by Crippen LogP contribution is -2.33. The second-order valence-corrected chi connectivity index (χ2v) is 5.95. The second-order valence-electron chi connectivity index (χ2n) is 4.15. The summed E-state index contributed by atoms with van der Waals surface area (Å²) in [4.78, 5) is 18.7. The highest BCUT2D eigenvalue weighted by molar-refractivity contribution is 7.16. The molecule has 6 nitrogen and oxygen atoms in total. The molecule has 0 aliphatic heterocycles. The van der Waals surface area contributed by atoms with Crippen LogP contribution < -0.4 is 0 Å². The first-order chi connectivity index (χ1) is 10.1. The van der Waals surface area contributed by atoms with Gasteiger partial charge in [0.1, 0.15) is 18.9 Å². The molecule has 2 aromatic heterocycles. The molecular formula is C13H12ClN5OS. The first-order valence-corrected chi connectivity index (χ1v) is 7.24. The average Bonchev–Trinajstić information content (AvgIpc) is 3.07. The smallest absolute Gasteiger partial charge is 0.252 e. The third-order valence-corrected chi connectivity index (χ3v) is 3.83. The van der Waals surface area contributed by atoms with Crippen LogP contribution in [0.2, 0.25) is 4.34 Å². The molecule has 0 saturated heterocycles. The molecule has 0 radical (unpaired) electrons. The van der Waals surface area contributed by atoms with Gasteiger partial charge in [-0.1, -0.05) is 17.7 Å². The molecule has 108 valence electrons. The van der Waals surface area contributed by atoms with Crippen molar-refractivity contribution in [3.8, 4) is 6.07 Å². The molecule has 0 bridgehead atoms. The molecule has 0 N–H and O–H groups in total. The normalized spacial score (nSPS) is 10.1. The van der Waals surface area contributed by atoms with E-state index in [1.807, 2.05) is 12.1 Å². The summed E-state index contributed by atoms with van der Waals surface area (Å²) < 4.78 is 2.03. The lowest BCUT2D eigenvalue weighted by Gasteiger charge is -2.20. The molecule has 21 heavy (non-hydrogen) atoms. The maximum Gasteiger partial charge on any atom is 0.252 e. The quantitative estimate of drug-likeness (QED) is 0.763. The molecule has 2 heterocycles. The van der Waals surface area contributed by atoms with Gasteiger partial charge < -0.3 is 4.90 Å². The Labute approximate surface area is 130 Å². The summed E-state index contributed by atoms with van der Waals surface area (Å²) in [6.07, 6.45) is 3.03. The number of rotatable bonds is 6. The lowest BCUT2D eigenvalue weighted by atomic mass is 10.3. The van der Waals surface area contributed by atoms with Gasteiger partial charge in [0.25, 0.3) is 5.82 Å². The van der Waals surface area contributed by atoms with Crippen LogP contribution in [0.15, 0.2) is 31.1 Å². The molecule has 0 spiro atoms. The van der Waals surface area contributed by atoms with Crippen molar-refractivity contribution in [2.75, 3.05) is 6.54 Å². The molecular weight excluding hydrogens is 310 g/mol. The summed E-state index contributed by atoms with van der Waals surface area (Å²) in [6.45, 7) is 4.57. The number of thiophene rings is 1. The topological polar surface area (TPSA) is 74.8 Å². The van der Waals surface area contributed by atoms with Gasteiger partial charge in [-0.05, 0) is 12.1 Å². The minimum absolute atomic E-state index is 0.0294. The third kappa shape index (κ3) is 4.15. The van der Waals surface area contributed by atoms with Gasteiger partial charge in [-0.3, -0.25) is 4.79 Å².